The van der Waals surface area contributed by atoms with Gasteiger partial charge in [-0.1, -0.05) is 17.3 Å². The number of rotatable bonds is 7. The maximum atomic E-state index is 12.9. The maximum Gasteiger partial charge on any atom is 0.274 e. The van der Waals surface area contributed by atoms with E-state index in [1.807, 2.05) is 0 Å². The van der Waals surface area contributed by atoms with Crippen molar-refractivity contribution < 1.29 is 32.0 Å². The number of alkyl halides is 4. The van der Waals surface area contributed by atoms with E-state index in [-0.39, 0.29) is 28.6 Å². The van der Waals surface area contributed by atoms with Gasteiger partial charge in [-0.25, -0.2) is 22.5 Å². The standard InChI is InChI=1S/C21H17F4N5O3/c1-10-2-3-12(20-28-17(33-29-20)8-15(31)19(24)25)6-13(10)27-21(32)14-9-26-16-7-11(18(22)23)4-5-30(14)16/h2-7,9,15,18-19,31H,8H2,1H3,(H,27,32). The molecule has 4 rings (SSSR count). The number of fused-ring (bicyclic) bond motifs is 1. The van der Waals surface area contributed by atoms with Crippen LogP contribution in [0.3, 0.4) is 0 Å². The highest BCUT2D eigenvalue weighted by atomic mass is 19.3. The monoisotopic (exact) mass is 463 g/mol. The normalized spacial score (nSPS) is 12.6. The van der Waals surface area contributed by atoms with Gasteiger partial charge in [-0.05, 0) is 30.7 Å². The number of hydrogen-bond acceptors (Lipinski definition) is 6. The van der Waals surface area contributed by atoms with Crippen molar-refractivity contribution in [3.05, 3.63) is 65.4 Å². The molecule has 1 atom stereocenters. The van der Waals surface area contributed by atoms with Gasteiger partial charge in [-0.3, -0.25) is 9.20 Å². The lowest BCUT2D eigenvalue weighted by molar-refractivity contribution is -0.00754. The summed E-state index contributed by atoms with van der Waals surface area (Å²) in [6, 6.07) is 7.33. The number of nitrogens with zero attached hydrogens (tertiary/aromatic N) is 4. The Bertz CT molecular complexity index is 1300. The smallest absolute Gasteiger partial charge is 0.274 e. The summed E-state index contributed by atoms with van der Waals surface area (Å²) in [5.74, 6) is -0.587. The molecule has 0 radical (unpaired) electrons. The van der Waals surface area contributed by atoms with Gasteiger partial charge in [-0.2, -0.15) is 4.98 Å². The number of halogens is 4. The van der Waals surface area contributed by atoms with Gasteiger partial charge >= 0.3 is 0 Å². The van der Waals surface area contributed by atoms with E-state index in [0.717, 1.165) is 0 Å². The number of benzene rings is 1. The number of carbonyl (C=O) groups is 1. The molecule has 0 aliphatic heterocycles. The summed E-state index contributed by atoms with van der Waals surface area (Å²) >= 11 is 0. The van der Waals surface area contributed by atoms with Crippen LogP contribution < -0.4 is 5.32 Å². The minimum absolute atomic E-state index is 0.0938. The molecular formula is C21H17F4N5O3. The van der Waals surface area contributed by atoms with Crippen molar-refractivity contribution in [3.8, 4) is 11.4 Å². The van der Waals surface area contributed by atoms with E-state index in [1.165, 1.54) is 28.9 Å². The zero-order chi connectivity index (χ0) is 23.7. The second-order valence-electron chi connectivity index (χ2n) is 7.23. The number of hydrogen-bond donors (Lipinski definition) is 2. The number of aliphatic hydroxyl groups is 1. The first-order valence-corrected chi connectivity index (χ1v) is 9.69. The number of nitrogens with one attached hydrogen (secondary N) is 1. The van der Waals surface area contributed by atoms with Crippen LogP contribution in [-0.4, -0.2) is 43.1 Å². The average Bonchev–Trinajstić information content (AvgIpc) is 3.41. The second-order valence-corrected chi connectivity index (χ2v) is 7.23. The molecule has 1 aromatic carbocycles. The Kier molecular flexibility index (Phi) is 6.09. The minimum Gasteiger partial charge on any atom is -0.387 e. The number of carbonyl (C=O) groups excluding carboxylic acids is 1. The Balaban J connectivity index is 1.56. The van der Waals surface area contributed by atoms with Crippen molar-refractivity contribution in [3.63, 3.8) is 0 Å². The van der Waals surface area contributed by atoms with Gasteiger partial charge in [0.2, 0.25) is 11.7 Å². The fourth-order valence-electron chi connectivity index (χ4n) is 3.11. The van der Waals surface area contributed by atoms with Crippen LogP contribution in [0.5, 0.6) is 0 Å². The molecule has 12 heteroatoms. The summed E-state index contributed by atoms with van der Waals surface area (Å²) in [7, 11) is 0. The molecule has 8 nitrogen and oxygen atoms in total. The molecular weight excluding hydrogens is 446 g/mol. The van der Waals surface area contributed by atoms with Crippen LogP contribution in [0.15, 0.2) is 47.2 Å². The number of aryl methyl sites for hydroxylation is 1. The van der Waals surface area contributed by atoms with Crippen LogP contribution in [0.25, 0.3) is 17.0 Å². The highest BCUT2D eigenvalue weighted by Gasteiger charge is 2.21. The topological polar surface area (TPSA) is 106 Å². The average molecular weight is 463 g/mol. The quantitative estimate of drug-likeness (QED) is 0.401. The molecule has 0 bridgehead atoms. The van der Waals surface area contributed by atoms with Crippen molar-refractivity contribution >= 4 is 17.2 Å². The molecule has 172 valence electrons. The summed E-state index contributed by atoms with van der Waals surface area (Å²) in [6.45, 7) is 1.75. The van der Waals surface area contributed by atoms with E-state index in [1.54, 1.807) is 25.1 Å². The lowest BCUT2D eigenvalue weighted by atomic mass is 10.1. The minimum atomic E-state index is -2.94. The highest BCUT2D eigenvalue weighted by Crippen LogP contribution is 2.25. The van der Waals surface area contributed by atoms with Gasteiger partial charge in [0.15, 0.2) is 0 Å². The fourth-order valence-corrected chi connectivity index (χ4v) is 3.11. The lowest BCUT2D eigenvalue weighted by Gasteiger charge is -2.10. The molecule has 1 unspecified atom stereocenters. The first kappa shape index (κ1) is 22.4. The van der Waals surface area contributed by atoms with E-state index in [9.17, 15) is 27.5 Å². The Morgan fingerprint density at radius 1 is 1.21 bits per heavy atom. The molecule has 0 fully saturated rings. The summed E-state index contributed by atoms with van der Waals surface area (Å²) in [4.78, 5) is 20.8. The highest BCUT2D eigenvalue weighted by molar-refractivity contribution is 6.04. The van der Waals surface area contributed by atoms with Crippen LogP contribution in [0.2, 0.25) is 0 Å². The Labute approximate surface area is 183 Å². The van der Waals surface area contributed by atoms with Crippen molar-refractivity contribution in [1.29, 1.82) is 0 Å². The van der Waals surface area contributed by atoms with Crippen LogP contribution in [0.4, 0.5) is 23.2 Å². The SMILES string of the molecule is Cc1ccc(-c2noc(CC(O)C(F)F)n2)cc1NC(=O)c1cnc2cc(C(F)F)ccn12. The maximum absolute atomic E-state index is 12.9. The second kappa shape index (κ2) is 8.98. The molecule has 3 heterocycles. The van der Waals surface area contributed by atoms with Gasteiger partial charge < -0.3 is 14.9 Å². The van der Waals surface area contributed by atoms with Crippen LogP contribution >= 0.6 is 0 Å². The zero-order valence-electron chi connectivity index (χ0n) is 17.0. The molecule has 0 aliphatic carbocycles. The number of pyridine rings is 1. The third kappa shape index (κ3) is 4.70. The Morgan fingerprint density at radius 2 is 2.00 bits per heavy atom. The predicted octanol–water partition coefficient (Wildman–Crippen LogP) is 4.05. The number of aromatic nitrogens is 4. The molecule has 3 aromatic heterocycles. The third-order valence-electron chi connectivity index (χ3n) is 4.91. The number of amides is 1. The lowest BCUT2D eigenvalue weighted by Crippen LogP contribution is -2.20. The van der Waals surface area contributed by atoms with Crippen molar-refractivity contribution in [1.82, 2.24) is 19.5 Å². The number of anilines is 1. The first-order chi connectivity index (χ1) is 15.7. The summed E-state index contributed by atoms with van der Waals surface area (Å²) in [5.41, 5.74) is 1.70. The zero-order valence-corrected chi connectivity index (χ0v) is 17.0. The molecule has 0 saturated carbocycles. The van der Waals surface area contributed by atoms with Crippen LogP contribution in [-0.2, 0) is 6.42 Å². The van der Waals surface area contributed by atoms with E-state index in [2.05, 4.69) is 20.4 Å². The molecule has 2 N–H and O–H groups in total. The number of imidazole rings is 1. The third-order valence-corrected chi connectivity index (χ3v) is 4.91. The largest absolute Gasteiger partial charge is 0.387 e. The van der Waals surface area contributed by atoms with Gasteiger partial charge in [0, 0.05) is 23.0 Å². The van der Waals surface area contributed by atoms with E-state index < -0.39 is 31.3 Å². The van der Waals surface area contributed by atoms with Crippen LogP contribution in [0.1, 0.15) is 33.9 Å². The fraction of sp³-hybridized carbons (Fsp3) is 0.238. The first-order valence-electron chi connectivity index (χ1n) is 9.69. The van der Waals surface area contributed by atoms with Gasteiger partial charge in [0.1, 0.15) is 17.4 Å². The Morgan fingerprint density at radius 3 is 2.73 bits per heavy atom. The van der Waals surface area contributed by atoms with E-state index in [4.69, 9.17) is 4.52 Å². The molecule has 0 aliphatic rings. The molecule has 33 heavy (non-hydrogen) atoms. The molecule has 0 saturated heterocycles. The molecule has 4 aromatic rings. The summed E-state index contributed by atoms with van der Waals surface area (Å²) in [6.07, 6.45) is -5.40. The van der Waals surface area contributed by atoms with Gasteiger partial charge in [-0.15, -0.1) is 0 Å². The summed E-state index contributed by atoms with van der Waals surface area (Å²) in [5, 5.41) is 15.7. The molecule has 0 spiro atoms. The Hall–Kier alpha value is -3.80. The van der Waals surface area contributed by atoms with Crippen molar-refractivity contribution in [2.45, 2.75) is 32.3 Å². The molecule has 1 amide bonds. The number of aliphatic hydroxyl groups excluding tert-OH is 1. The van der Waals surface area contributed by atoms with Crippen LogP contribution in [0, 0.1) is 6.92 Å². The van der Waals surface area contributed by atoms with E-state index >= 15 is 0 Å². The predicted molar refractivity (Wildman–Crippen MR) is 108 cm³/mol. The van der Waals surface area contributed by atoms with Crippen molar-refractivity contribution in [2.24, 2.45) is 0 Å². The van der Waals surface area contributed by atoms with Crippen molar-refractivity contribution in [2.75, 3.05) is 5.32 Å². The van der Waals surface area contributed by atoms with Gasteiger partial charge in [0.05, 0.1) is 12.6 Å². The summed E-state index contributed by atoms with van der Waals surface area (Å²) < 4.78 is 57.1. The van der Waals surface area contributed by atoms with Gasteiger partial charge in [0.25, 0.3) is 18.8 Å². The van der Waals surface area contributed by atoms with E-state index in [0.29, 0.717) is 16.8 Å².